The Labute approximate surface area is 112 Å². The van der Waals surface area contributed by atoms with Gasteiger partial charge in [0, 0.05) is 10.2 Å². The molecule has 0 amide bonds. The number of carboxylic acids is 1. The Morgan fingerprint density at radius 2 is 1.72 bits per heavy atom. The van der Waals surface area contributed by atoms with E-state index in [9.17, 15) is 4.79 Å². The van der Waals surface area contributed by atoms with Crippen molar-refractivity contribution >= 4 is 27.6 Å². The van der Waals surface area contributed by atoms with Gasteiger partial charge in [0.05, 0.1) is 5.56 Å². The third kappa shape index (κ3) is 2.81. The molecule has 2 aromatic rings. The lowest BCUT2D eigenvalue weighted by molar-refractivity contribution is 0.0697. The number of aromatic carboxylic acids is 1. The maximum absolute atomic E-state index is 10.9. The normalized spacial score (nSPS) is 10.1. The minimum Gasteiger partial charge on any atom is -0.478 e. The fraction of sp³-hybridized carbons (Fsp3) is 0. The molecular formula is C13H10BrNO3. The molecule has 0 atom stereocenters. The lowest BCUT2D eigenvalue weighted by Gasteiger charge is -2.08. The molecule has 0 radical (unpaired) electrons. The molecule has 0 fully saturated rings. The summed E-state index contributed by atoms with van der Waals surface area (Å²) in [6.07, 6.45) is 0. The molecule has 0 heterocycles. The third-order valence-corrected chi connectivity index (χ3v) is 2.83. The molecule has 0 aliphatic heterocycles. The Kier molecular flexibility index (Phi) is 3.53. The molecule has 92 valence electrons. The monoisotopic (exact) mass is 307 g/mol. The molecule has 18 heavy (non-hydrogen) atoms. The Balaban J connectivity index is 2.27. The van der Waals surface area contributed by atoms with E-state index in [-0.39, 0.29) is 11.3 Å². The summed E-state index contributed by atoms with van der Waals surface area (Å²) in [5.41, 5.74) is 5.81. The van der Waals surface area contributed by atoms with Gasteiger partial charge in [0.1, 0.15) is 11.5 Å². The van der Waals surface area contributed by atoms with Gasteiger partial charge in [-0.3, -0.25) is 0 Å². The lowest BCUT2D eigenvalue weighted by atomic mass is 10.2. The summed E-state index contributed by atoms with van der Waals surface area (Å²) in [5.74, 6) is -0.0167. The van der Waals surface area contributed by atoms with Crippen LogP contribution in [0.5, 0.6) is 11.5 Å². The highest BCUT2D eigenvalue weighted by Crippen LogP contribution is 2.26. The first kappa shape index (κ1) is 12.4. The van der Waals surface area contributed by atoms with E-state index in [1.165, 1.54) is 12.1 Å². The van der Waals surface area contributed by atoms with Crippen LogP contribution in [0.2, 0.25) is 0 Å². The van der Waals surface area contributed by atoms with Crippen molar-refractivity contribution in [3.8, 4) is 11.5 Å². The summed E-state index contributed by atoms with van der Waals surface area (Å²) >= 11 is 3.32. The molecule has 0 bridgehead atoms. The quantitative estimate of drug-likeness (QED) is 0.851. The average molecular weight is 308 g/mol. The number of carbonyl (C=O) groups is 1. The first-order valence-electron chi connectivity index (χ1n) is 5.12. The van der Waals surface area contributed by atoms with Crippen LogP contribution in [0, 0.1) is 0 Å². The van der Waals surface area contributed by atoms with Crippen molar-refractivity contribution in [2.75, 3.05) is 5.73 Å². The lowest BCUT2D eigenvalue weighted by Crippen LogP contribution is -2.02. The topological polar surface area (TPSA) is 72.5 Å². The van der Waals surface area contributed by atoms with Gasteiger partial charge in [-0.25, -0.2) is 4.79 Å². The van der Waals surface area contributed by atoms with Crippen LogP contribution in [0.1, 0.15) is 10.4 Å². The van der Waals surface area contributed by atoms with Gasteiger partial charge in [0.15, 0.2) is 0 Å². The zero-order chi connectivity index (χ0) is 13.1. The van der Waals surface area contributed by atoms with Crippen LogP contribution in [0.25, 0.3) is 0 Å². The summed E-state index contributed by atoms with van der Waals surface area (Å²) in [7, 11) is 0. The first-order valence-corrected chi connectivity index (χ1v) is 5.92. The van der Waals surface area contributed by atoms with Crippen LogP contribution in [-0.4, -0.2) is 11.1 Å². The second-order valence-electron chi connectivity index (χ2n) is 3.61. The molecule has 0 aromatic heterocycles. The van der Waals surface area contributed by atoms with Crippen molar-refractivity contribution in [3.63, 3.8) is 0 Å². The molecule has 0 unspecified atom stereocenters. The van der Waals surface area contributed by atoms with Crippen molar-refractivity contribution in [2.45, 2.75) is 0 Å². The van der Waals surface area contributed by atoms with E-state index in [1.807, 2.05) is 12.1 Å². The smallest absolute Gasteiger partial charge is 0.337 e. The standard InChI is InChI=1S/C13H10BrNO3/c14-8-1-3-9(4-2-8)18-10-5-6-12(15)11(7-10)13(16)17/h1-7H,15H2,(H,16,17). The van der Waals surface area contributed by atoms with Crippen LogP contribution in [0.3, 0.4) is 0 Å². The van der Waals surface area contributed by atoms with E-state index in [4.69, 9.17) is 15.6 Å². The molecule has 4 nitrogen and oxygen atoms in total. The molecule has 3 N–H and O–H groups in total. The number of nitrogens with two attached hydrogens (primary N) is 1. The van der Waals surface area contributed by atoms with E-state index < -0.39 is 5.97 Å². The Morgan fingerprint density at radius 1 is 1.11 bits per heavy atom. The zero-order valence-corrected chi connectivity index (χ0v) is 10.8. The fourth-order valence-electron chi connectivity index (χ4n) is 1.42. The van der Waals surface area contributed by atoms with Gasteiger partial charge in [-0.2, -0.15) is 0 Å². The summed E-state index contributed by atoms with van der Waals surface area (Å²) in [4.78, 5) is 10.9. The zero-order valence-electron chi connectivity index (χ0n) is 9.26. The van der Waals surface area contributed by atoms with Gasteiger partial charge in [0.2, 0.25) is 0 Å². The number of hydrogen-bond donors (Lipinski definition) is 2. The van der Waals surface area contributed by atoms with Crippen molar-refractivity contribution in [2.24, 2.45) is 0 Å². The van der Waals surface area contributed by atoms with Crippen molar-refractivity contribution in [1.29, 1.82) is 0 Å². The molecule has 0 saturated heterocycles. The highest BCUT2D eigenvalue weighted by atomic mass is 79.9. The van der Waals surface area contributed by atoms with Gasteiger partial charge in [-0.05, 0) is 42.5 Å². The van der Waals surface area contributed by atoms with E-state index in [0.29, 0.717) is 11.5 Å². The van der Waals surface area contributed by atoms with Crippen molar-refractivity contribution < 1.29 is 14.6 Å². The average Bonchev–Trinajstić information content (AvgIpc) is 2.34. The number of carboxylic acid groups (broad SMARTS) is 1. The maximum atomic E-state index is 10.9. The highest BCUT2D eigenvalue weighted by molar-refractivity contribution is 9.10. The second kappa shape index (κ2) is 5.10. The Morgan fingerprint density at radius 3 is 2.33 bits per heavy atom. The van der Waals surface area contributed by atoms with Gasteiger partial charge >= 0.3 is 5.97 Å². The molecule has 0 spiro atoms. The summed E-state index contributed by atoms with van der Waals surface area (Å²) in [6, 6.07) is 11.8. The Bertz CT molecular complexity index is 581. The number of ether oxygens (including phenoxy) is 1. The SMILES string of the molecule is Nc1ccc(Oc2ccc(Br)cc2)cc1C(=O)O. The fourth-order valence-corrected chi connectivity index (χ4v) is 1.69. The van der Waals surface area contributed by atoms with Crippen LogP contribution < -0.4 is 10.5 Å². The highest BCUT2D eigenvalue weighted by Gasteiger charge is 2.09. The van der Waals surface area contributed by atoms with Crippen molar-refractivity contribution in [1.82, 2.24) is 0 Å². The van der Waals surface area contributed by atoms with Gasteiger partial charge in [-0.15, -0.1) is 0 Å². The predicted molar refractivity (Wildman–Crippen MR) is 72.0 cm³/mol. The van der Waals surface area contributed by atoms with E-state index in [0.717, 1.165) is 4.47 Å². The minimum atomic E-state index is -1.08. The third-order valence-electron chi connectivity index (χ3n) is 2.30. The van der Waals surface area contributed by atoms with Gasteiger partial charge in [0.25, 0.3) is 0 Å². The second-order valence-corrected chi connectivity index (χ2v) is 4.53. The molecular weight excluding hydrogens is 298 g/mol. The molecule has 0 aliphatic rings. The Hall–Kier alpha value is -2.01. The summed E-state index contributed by atoms with van der Waals surface area (Å²) < 4.78 is 6.48. The van der Waals surface area contributed by atoms with Crippen LogP contribution >= 0.6 is 15.9 Å². The van der Waals surface area contributed by atoms with Crippen LogP contribution in [0.15, 0.2) is 46.9 Å². The van der Waals surface area contributed by atoms with Crippen LogP contribution in [0.4, 0.5) is 5.69 Å². The van der Waals surface area contributed by atoms with Gasteiger partial charge in [-0.1, -0.05) is 15.9 Å². The number of hydrogen-bond acceptors (Lipinski definition) is 3. The van der Waals surface area contributed by atoms with Crippen LogP contribution in [-0.2, 0) is 0 Å². The predicted octanol–water partition coefficient (Wildman–Crippen LogP) is 3.52. The summed E-state index contributed by atoms with van der Waals surface area (Å²) in [6.45, 7) is 0. The van der Waals surface area contributed by atoms with E-state index >= 15 is 0 Å². The molecule has 0 aliphatic carbocycles. The van der Waals surface area contributed by atoms with Crippen molar-refractivity contribution in [3.05, 3.63) is 52.5 Å². The van der Waals surface area contributed by atoms with E-state index in [1.54, 1.807) is 18.2 Å². The number of rotatable bonds is 3. The van der Waals surface area contributed by atoms with Gasteiger partial charge < -0.3 is 15.6 Å². The number of nitrogen functional groups attached to an aromatic ring is 1. The molecule has 2 aromatic carbocycles. The minimum absolute atomic E-state index is 0.0320. The molecule has 0 saturated carbocycles. The first-order chi connectivity index (χ1) is 8.56. The maximum Gasteiger partial charge on any atom is 0.337 e. The number of anilines is 1. The number of benzene rings is 2. The largest absolute Gasteiger partial charge is 0.478 e. The van der Waals surface area contributed by atoms with E-state index in [2.05, 4.69) is 15.9 Å². The molecule has 5 heteroatoms. The molecule has 2 rings (SSSR count). The number of halogens is 1. The summed E-state index contributed by atoms with van der Waals surface area (Å²) in [5, 5.41) is 8.95.